The Hall–Kier alpha value is -6.72. The zero-order chi connectivity index (χ0) is 54.7. The van der Waals surface area contributed by atoms with Gasteiger partial charge in [-0.25, -0.2) is 0 Å². The lowest BCUT2D eigenvalue weighted by Gasteiger charge is -2.31. The summed E-state index contributed by atoms with van der Waals surface area (Å²) < 4.78 is 18.5. The molecular formula is C74H88O3Si. The number of benzene rings is 7. The molecule has 0 atom stereocenters. The molecule has 0 saturated carbocycles. The predicted molar refractivity (Wildman–Crippen MR) is 336 cm³/mol. The van der Waals surface area contributed by atoms with E-state index in [-0.39, 0.29) is 0 Å². The summed E-state index contributed by atoms with van der Waals surface area (Å²) in [6, 6.07) is 61.3. The highest BCUT2D eigenvalue weighted by Crippen LogP contribution is 2.42. The molecule has 7 rings (SSSR count). The first-order valence-corrected chi connectivity index (χ1v) is 33.3. The maximum Gasteiger partial charge on any atom is 0.129 e. The second-order valence-electron chi connectivity index (χ2n) is 22.2. The second kappa shape index (κ2) is 31.6. The second-order valence-corrected chi connectivity index (χ2v) is 27.0. The molecule has 0 aliphatic heterocycles. The largest absolute Gasteiger partial charge is 0.494 e. The van der Waals surface area contributed by atoms with Crippen molar-refractivity contribution in [3.63, 3.8) is 0 Å². The maximum atomic E-state index is 6.17. The number of unbranched alkanes of at least 4 members (excludes halogenated alkanes) is 15. The molecule has 4 heteroatoms. The summed E-state index contributed by atoms with van der Waals surface area (Å²) in [5, 5.41) is 0. The van der Waals surface area contributed by atoms with E-state index in [1.165, 1.54) is 96.3 Å². The van der Waals surface area contributed by atoms with E-state index in [0.717, 1.165) is 118 Å². The Morgan fingerprint density at radius 1 is 0.308 bits per heavy atom. The highest BCUT2D eigenvalue weighted by molar-refractivity contribution is 6.83. The maximum absolute atomic E-state index is 6.17. The van der Waals surface area contributed by atoms with Gasteiger partial charge in [-0.15, -0.1) is 5.54 Å². The summed E-state index contributed by atoms with van der Waals surface area (Å²) in [5.41, 5.74) is 14.8. The molecule has 406 valence electrons. The van der Waals surface area contributed by atoms with Gasteiger partial charge in [0.25, 0.3) is 0 Å². The standard InChI is InChI=1S/C74H88O3Si/c1-7-10-13-16-19-22-56-75-71-47-35-65(36-48-71)62-29-41-68(42-30-62)74(55-53-60-25-27-61(28-26-60)54-59-78(4,5)6,69-43-31-63(32-44-69)66-37-49-72(50-38-66)76-57-23-20-17-14-11-8-2)70-45-33-64(34-46-70)67-39-51-73(52-40-67)77-58-24-21-18-15-12-9-3/h25-52H,7-24,56-58H2,1-6H3. The smallest absolute Gasteiger partial charge is 0.129 e. The zero-order valence-electron chi connectivity index (χ0n) is 48.2. The van der Waals surface area contributed by atoms with Crippen LogP contribution < -0.4 is 14.2 Å². The number of hydrogen-bond donors (Lipinski definition) is 0. The topological polar surface area (TPSA) is 27.7 Å². The summed E-state index contributed by atoms with van der Waals surface area (Å²) in [5.74, 6) is 13.8. The molecule has 7 aromatic rings. The number of rotatable bonds is 30. The Balaban J connectivity index is 1.22. The lowest BCUT2D eigenvalue weighted by atomic mass is 9.69. The molecule has 0 aromatic heterocycles. The molecule has 7 aromatic carbocycles. The normalized spacial score (nSPS) is 11.3. The summed E-state index contributed by atoms with van der Waals surface area (Å²) in [6.07, 6.45) is 22.5. The van der Waals surface area contributed by atoms with E-state index in [1.807, 2.05) is 0 Å². The van der Waals surface area contributed by atoms with Gasteiger partial charge < -0.3 is 14.2 Å². The van der Waals surface area contributed by atoms with Crippen molar-refractivity contribution in [3.05, 3.63) is 198 Å². The Morgan fingerprint density at radius 2 is 0.564 bits per heavy atom. The minimum Gasteiger partial charge on any atom is -0.494 e. The molecule has 0 radical (unpaired) electrons. The molecule has 0 unspecified atom stereocenters. The number of ether oxygens (including phenoxy) is 3. The van der Waals surface area contributed by atoms with Gasteiger partial charge in [0.1, 0.15) is 30.7 Å². The van der Waals surface area contributed by atoms with Crippen molar-refractivity contribution in [1.29, 1.82) is 0 Å². The molecule has 3 nitrogen and oxygen atoms in total. The molecule has 0 heterocycles. The van der Waals surface area contributed by atoms with Gasteiger partial charge in [0.05, 0.1) is 19.8 Å². The molecule has 78 heavy (non-hydrogen) atoms. The average molecular weight is 1050 g/mol. The third kappa shape index (κ3) is 18.5. The van der Waals surface area contributed by atoms with Crippen LogP contribution in [0.1, 0.15) is 164 Å². The van der Waals surface area contributed by atoms with Crippen molar-refractivity contribution in [2.45, 2.75) is 161 Å². The van der Waals surface area contributed by atoms with Gasteiger partial charge in [0.15, 0.2) is 0 Å². The SMILES string of the molecule is CCCCCCCCOc1ccc(-c2ccc(C(C#Cc3ccc(C#C[Si](C)(C)C)cc3)(c3ccc(-c4ccc(OCCCCCCCC)cc4)cc3)c3ccc(-c4ccc(OCCCCCCCC)cc4)cc3)cc2)cc1. The first-order valence-electron chi connectivity index (χ1n) is 29.8. The fourth-order valence-electron chi connectivity index (χ4n) is 9.97. The van der Waals surface area contributed by atoms with E-state index < -0.39 is 13.5 Å². The van der Waals surface area contributed by atoms with Gasteiger partial charge >= 0.3 is 0 Å². The van der Waals surface area contributed by atoms with Crippen molar-refractivity contribution in [1.82, 2.24) is 0 Å². The monoisotopic (exact) mass is 1050 g/mol. The predicted octanol–water partition coefficient (Wildman–Crippen LogP) is 20.5. The molecule has 0 N–H and O–H groups in total. The van der Waals surface area contributed by atoms with E-state index in [4.69, 9.17) is 14.2 Å². The number of hydrogen-bond acceptors (Lipinski definition) is 3. The van der Waals surface area contributed by atoms with Gasteiger partial charge in [0.2, 0.25) is 0 Å². The Morgan fingerprint density at radius 3 is 0.846 bits per heavy atom. The minimum absolute atomic E-state index is 0.753. The van der Waals surface area contributed by atoms with Crippen LogP contribution in [0.15, 0.2) is 170 Å². The van der Waals surface area contributed by atoms with Gasteiger partial charge in [-0.2, -0.15) is 0 Å². The summed E-state index contributed by atoms with van der Waals surface area (Å²) >= 11 is 0. The zero-order valence-corrected chi connectivity index (χ0v) is 49.2. The quantitative estimate of drug-likeness (QED) is 0.0194. The summed E-state index contributed by atoms with van der Waals surface area (Å²) in [7, 11) is -1.53. The van der Waals surface area contributed by atoms with Crippen molar-refractivity contribution in [2.24, 2.45) is 0 Å². The Kier molecular flexibility index (Phi) is 23.9. The van der Waals surface area contributed by atoms with Crippen LogP contribution in [0, 0.1) is 23.3 Å². The lowest BCUT2D eigenvalue weighted by molar-refractivity contribution is 0.304. The van der Waals surface area contributed by atoms with Crippen molar-refractivity contribution in [2.75, 3.05) is 19.8 Å². The van der Waals surface area contributed by atoms with Crippen LogP contribution in [-0.2, 0) is 5.41 Å². The fourth-order valence-corrected chi connectivity index (χ4v) is 10.5. The van der Waals surface area contributed by atoms with E-state index in [2.05, 4.69) is 234 Å². The van der Waals surface area contributed by atoms with Gasteiger partial charge in [-0.05, 0) is 130 Å². The van der Waals surface area contributed by atoms with Crippen LogP contribution in [0.4, 0.5) is 0 Å². The molecule has 0 fully saturated rings. The van der Waals surface area contributed by atoms with Crippen LogP contribution in [0.2, 0.25) is 19.6 Å². The third-order valence-corrected chi connectivity index (χ3v) is 15.6. The first-order chi connectivity index (χ1) is 38.2. The summed E-state index contributed by atoms with van der Waals surface area (Å²) in [6.45, 7) is 15.9. The van der Waals surface area contributed by atoms with Crippen LogP contribution in [-0.4, -0.2) is 27.9 Å². The van der Waals surface area contributed by atoms with E-state index >= 15 is 0 Å². The van der Waals surface area contributed by atoms with E-state index in [0.29, 0.717) is 0 Å². The molecule has 0 aliphatic rings. The van der Waals surface area contributed by atoms with Gasteiger partial charge in [-0.3, -0.25) is 0 Å². The molecular weight excluding hydrogens is 965 g/mol. The van der Waals surface area contributed by atoms with Crippen molar-refractivity contribution in [3.8, 4) is 73.9 Å². The van der Waals surface area contributed by atoms with E-state index in [9.17, 15) is 0 Å². The third-order valence-electron chi connectivity index (χ3n) is 14.7. The molecule has 0 saturated heterocycles. The molecule has 0 aliphatic carbocycles. The highest BCUT2D eigenvalue weighted by Gasteiger charge is 2.35. The van der Waals surface area contributed by atoms with Crippen LogP contribution in [0.5, 0.6) is 17.2 Å². The van der Waals surface area contributed by atoms with Crippen LogP contribution in [0.25, 0.3) is 33.4 Å². The minimum atomic E-state index is -1.53. The Labute approximate surface area is 472 Å². The molecule has 0 bridgehead atoms. The first kappa shape index (κ1) is 58.9. The fraction of sp³-hybridized carbons (Fsp3) is 0.378. The summed E-state index contributed by atoms with van der Waals surface area (Å²) in [4.78, 5) is 0. The molecule has 0 spiro atoms. The molecule has 0 amide bonds. The van der Waals surface area contributed by atoms with Crippen LogP contribution in [0.3, 0.4) is 0 Å². The Bertz CT molecular complexity index is 2670. The van der Waals surface area contributed by atoms with Gasteiger partial charge in [-0.1, -0.05) is 264 Å². The van der Waals surface area contributed by atoms with E-state index in [1.54, 1.807) is 0 Å². The van der Waals surface area contributed by atoms with Crippen molar-refractivity contribution >= 4 is 8.07 Å². The average Bonchev–Trinajstić information content (AvgIpc) is 3.49. The highest BCUT2D eigenvalue weighted by atomic mass is 28.3. The van der Waals surface area contributed by atoms with Crippen LogP contribution >= 0.6 is 0 Å². The van der Waals surface area contributed by atoms with Crippen molar-refractivity contribution < 1.29 is 14.2 Å². The van der Waals surface area contributed by atoms with Gasteiger partial charge in [0, 0.05) is 11.1 Å². The lowest BCUT2D eigenvalue weighted by Crippen LogP contribution is -2.28.